The van der Waals surface area contributed by atoms with Gasteiger partial charge in [0.1, 0.15) is 6.33 Å². The van der Waals surface area contributed by atoms with E-state index in [0.717, 1.165) is 18.4 Å². The number of aryl methyl sites for hydroxylation is 1. The maximum atomic E-state index is 12.3. The van der Waals surface area contributed by atoms with Crippen molar-refractivity contribution in [3.63, 3.8) is 0 Å². The second-order valence-corrected chi connectivity index (χ2v) is 5.36. The summed E-state index contributed by atoms with van der Waals surface area (Å²) in [5, 5.41) is 6.86. The van der Waals surface area contributed by atoms with Gasteiger partial charge in [0, 0.05) is 18.9 Å². The summed E-state index contributed by atoms with van der Waals surface area (Å²) < 4.78 is 6.31. The summed E-state index contributed by atoms with van der Waals surface area (Å²) in [4.78, 5) is 32.2. The topological polar surface area (TPSA) is 98.5 Å². The van der Waals surface area contributed by atoms with Gasteiger partial charge in [-0.15, -0.1) is 0 Å². The second-order valence-electron chi connectivity index (χ2n) is 5.36. The number of fused-ring (bicyclic) bond motifs is 1. The highest BCUT2D eigenvalue weighted by atomic mass is 16.5. The Balaban J connectivity index is 1.55. The number of amides is 1. The summed E-state index contributed by atoms with van der Waals surface area (Å²) >= 11 is 0. The van der Waals surface area contributed by atoms with E-state index < -0.39 is 5.97 Å². The molecule has 0 saturated carbocycles. The SMILES string of the molecule is COC(=O)c1ccccc1C(=O)NCCCc1cnc2ncnn2c1. The van der Waals surface area contributed by atoms with E-state index in [4.69, 9.17) is 4.74 Å². The molecule has 1 aromatic carbocycles. The lowest BCUT2D eigenvalue weighted by Gasteiger charge is -2.09. The van der Waals surface area contributed by atoms with Crippen molar-refractivity contribution < 1.29 is 14.3 Å². The van der Waals surface area contributed by atoms with E-state index in [1.807, 2.05) is 6.20 Å². The van der Waals surface area contributed by atoms with Gasteiger partial charge in [-0.25, -0.2) is 14.3 Å². The molecule has 2 heterocycles. The molecule has 1 amide bonds. The molecule has 0 aliphatic rings. The van der Waals surface area contributed by atoms with Crippen LogP contribution < -0.4 is 5.32 Å². The zero-order valence-corrected chi connectivity index (χ0v) is 13.7. The Hall–Kier alpha value is -3.29. The van der Waals surface area contributed by atoms with Crippen LogP contribution in [0.1, 0.15) is 32.7 Å². The number of nitrogens with zero attached hydrogens (tertiary/aromatic N) is 4. The summed E-state index contributed by atoms with van der Waals surface area (Å²) in [7, 11) is 1.29. The van der Waals surface area contributed by atoms with E-state index in [1.165, 1.54) is 13.4 Å². The van der Waals surface area contributed by atoms with E-state index >= 15 is 0 Å². The van der Waals surface area contributed by atoms with Crippen LogP contribution in [0.15, 0.2) is 43.0 Å². The minimum atomic E-state index is -0.530. The van der Waals surface area contributed by atoms with Gasteiger partial charge in [0.15, 0.2) is 0 Å². The third-order valence-corrected chi connectivity index (χ3v) is 3.69. The fourth-order valence-corrected chi connectivity index (χ4v) is 2.45. The van der Waals surface area contributed by atoms with E-state index in [9.17, 15) is 9.59 Å². The molecule has 0 bridgehead atoms. The fourth-order valence-electron chi connectivity index (χ4n) is 2.45. The molecule has 0 aliphatic heterocycles. The van der Waals surface area contributed by atoms with Gasteiger partial charge >= 0.3 is 5.97 Å². The van der Waals surface area contributed by atoms with Crippen LogP contribution in [0.25, 0.3) is 5.78 Å². The Labute approximate surface area is 143 Å². The van der Waals surface area contributed by atoms with Crippen molar-refractivity contribution in [2.45, 2.75) is 12.8 Å². The molecule has 0 fully saturated rings. The van der Waals surface area contributed by atoms with Crippen LogP contribution in [0.5, 0.6) is 0 Å². The first kappa shape index (κ1) is 16.6. The largest absolute Gasteiger partial charge is 0.465 e. The van der Waals surface area contributed by atoms with Crippen molar-refractivity contribution in [2.75, 3.05) is 13.7 Å². The molecule has 1 N–H and O–H groups in total. The van der Waals surface area contributed by atoms with Crippen molar-refractivity contribution in [2.24, 2.45) is 0 Å². The number of ether oxygens (including phenoxy) is 1. The number of esters is 1. The average Bonchev–Trinajstić information content (AvgIpc) is 3.12. The summed E-state index contributed by atoms with van der Waals surface area (Å²) in [6.07, 6.45) is 6.53. The lowest BCUT2D eigenvalue weighted by Crippen LogP contribution is -2.26. The van der Waals surface area contributed by atoms with Crippen molar-refractivity contribution >= 4 is 17.7 Å². The van der Waals surface area contributed by atoms with Gasteiger partial charge < -0.3 is 10.1 Å². The molecule has 0 atom stereocenters. The lowest BCUT2D eigenvalue weighted by atomic mass is 10.1. The van der Waals surface area contributed by atoms with Gasteiger partial charge in [0.05, 0.1) is 18.2 Å². The Morgan fingerprint density at radius 2 is 2.00 bits per heavy atom. The van der Waals surface area contributed by atoms with Crippen LogP contribution in [0.2, 0.25) is 0 Å². The van der Waals surface area contributed by atoms with Gasteiger partial charge in [-0.1, -0.05) is 12.1 Å². The molecule has 8 heteroatoms. The minimum absolute atomic E-state index is 0.253. The Morgan fingerprint density at radius 1 is 1.20 bits per heavy atom. The van der Waals surface area contributed by atoms with Crippen LogP contribution in [-0.2, 0) is 11.2 Å². The zero-order valence-electron chi connectivity index (χ0n) is 13.7. The normalized spacial score (nSPS) is 10.6. The number of hydrogen-bond acceptors (Lipinski definition) is 6. The summed E-state index contributed by atoms with van der Waals surface area (Å²) in [6.45, 7) is 0.476. The van der Waals surface area contributed by atoms with Gasteiger partial charge in [-0.3, -0.25) is 4.79 Å². The molecule has 25 heavy (non-hydrogen) atoms. The van der Waals surface area contributed by atoms with Gasteiger partial charge in [0.25, 0.3) is 11.7 Å². The van der Waals surface area contributed by atoms with Crippen molar-refractivity contribution in [1.29, 1.82) is 0 Å². The predicted molar refractivity (Wildman–Crippen MR) is 89.2 cm³/mol. The first-order valence-corrected chi connectivity index (χ1v) is 7.79. The number of carbonyl (C=O) groups excluding carboxylic acids is 2. The molecule has 2 aromatic heterocycles. The maximum Gasteiger partial charge on any atom is 0.338 e. The number of aromatic nitrogens is 4. The first-order chi connectivity index (χ1) is 12.2. The van der Waals surface area contributed by atoms with Crippen LogP contribution in [-0.4, -0.2) is 45.1 Å². The molecule has 0 spiro atoms. The van der Waals surface area contributed by atoms with Gasteiger partial charge in [-0.05, 0) is 30.5 Å². The minimum Gasteiger partial charge on any atom is -0.465 e. The molecular formula is C17H17N5O3. The van der Waals surface area contributed by atoms with Crippen LogP contribution in [0.3, 0.4) is 0 Å². The highest BCUT2D eigenvalue weighted by molar-refractivity contribution is 6.05. The lowest BCUT2D eigenvalue weighted by molar-refractivity contribution is 0.0596. The maximum absolute atomic E-state index is 12.3. The third kappa shape index (κ3) is 3.79. The van der Waals surface area contributed by atoms with Crippen LogP contribution >= 0.6 is 0 Å². The number of methoxy groups -OCH3 is 1. The van der Waals surface area contributed by atoms with E-state index in [2.05, 4.69) is 20.4 Å². The quantitative estimate of drug-likeness (QED) is 0.536. The third-order valence-electron chi connectivity index (χ3n) is 3.69. The molecular weight excluding hydrogens is 322 g/mol. The summed E-state index contributed by atoms with van der Waals surface area (Å²) in [5.41, 5.74) is 1.56. The number of nitrogens with one attached hydrogen (secondary N) is 1. The van der Waals surface area contributed by atoms with Crippen molar-refractivity contribution in [3.05, 3.63) is 59.7 Å². The standard InChI is InChI=1S/C17H17N5O3/c1-25-16(24)14-7-3-2-6-13(14)15(23)18-8-4-5-12-9-19-17-20-11-21-22(17)10-12/h2-3,6-7,9-11H,4-5,8H2,1H3,(H,18,23). The number of rotatable bonds is 6. The molecule has 0 radical (unpaired) electrons. The summed E-state index contributed by atoms with van der Waals surface area (Å²) in [6, 6.07) is 6.57. The molecule has 0 unspecified atom stereocenters. The van der Waals surface area contributed by atoms with E-state index in [1.54, 1.807) is 35.0 Å². The van der Waals surface area contributed by atoms with E-state index in [-0.39, 0.29) is 11.5 Å². The monoisotopic (exact) mass is 339 g/mol. The fraction of sp³-hybridized carbons (Fsp3) is 0.235. The molecule has 0 saturated heterocycles. The predicted octanol–water partition coefficient (Wildman–Crippen LogP) is 1.27. The van der Waals surface area contributed by atoms with Gasteiger partial charge in [-0.2, -0.15) is 10.1 Å². The number of benzene rings is 1. The molecule has 3 rings (SSSR count). The highest BCUT2D eigenvalue weighted by Gasteiger charge is 2.16. The van der Waals surface area contributed by atoms with E-state index in [0.29, 0.717) is 17.9 Å². The zero-order chi connectivity index (χ0) is 17.6. The number of carbonyl (C=O) groups is 2. The molecule has 128 valence electrons. The smallest absolute Gasteiger partial charge is 0.338 e. The first-order valence-electron chi connectivity index (χ1n) is 7.79. The molecule has 3 aromatic rings. The van der Waals surface area contributed by atoms with Crippen molar-refractivity contribution in [3.8, 4) is 0 Å². The second kappa shape index (κ2) is 7.52. The Kier molecular flexibility index (Phi) is 4.98. The Morgan fingerprint density at radius 3 is 2.80 bits per heavy atom. The number of hydrogen-bond donors (Lipinski definition) is 1. The molecule has 0 aliphatic carbocycles. The van der Waals surface area contributed by atoms with Crippen LogP contribution in [0, 0.1) is 0 Å². The summed E-state index contributed by atoms with van der Waals surface area (Å²) in [5.74, 6) is -0.278. The van der Waals surface area contributed by atoms with Crippen LogP contribution in [0.4, 0.5) is 0 Å². The Bertz CT molecular complexity index is 906. The molecule has 8 nitrogen and oxygen atoms in total. The average molecular weight is 339 g/mol. The highest BCUT2D eigenvalue weighted by Crippen LogP contribution is 2.10. The van der Waals surface area contributed by atoms with Crippen molar-refractivity contribution in [1.82, 2.24) is 24.9 Å². The van der Waals surface area contributed by atoms with Gasteiger partial charge in [0.2, 0.25) is 0 Å².